The molecular formula is C21H23N3OS. The first-order valence-electron chi connectivity index (χ1n) is 8.93. The summed E-state index contributed by atoms with van der Waals surface area (Å²) in [6, 6.07) is 18.2. The van der Waals surface area contributed by atoms with Gasteiger partial charge in [-0.25, -0.2) is 0 Å². The van der Waals surface area contributed by atoms with Crippen molar-refractivity contribution in [2.24, 2.45) is 0 Å². The van der Waals surface area contributed by atoms with Crippen LogP contribution in [0, 0.1) is 6.92 Å². The summed E-state index contributed by atoms with van der Waals surface area (Å²) in [5.41, 5.74) is 3.41. The molecule has 0 radical (unpaired) electrons. The molecule has 3 aromatic rings. The van der Waals surface area contributed by atoms with Crippen LogP contribution in [0.3, 0.4) is 0 Å². The van der Waals surface area contributed by atoms with E-state index in [1.165, 1.54) is 16.9 Å². The standard InChI is InChI=1S/C21H23N3OS/c1-3-15-24(19(25)14-13-17-10-5-4-6-11-17)21-23-22-20(26-21)18-12-8-7-9-16(18)2/h4-12H,3,13-15H2,1-2H3. The molecule has 26 heavy (non-hydrogen) atoms. The molecule has 0 spiro atoms. The van der Waals surface area contributed by atoms with Crippen LogP contribution >= 0.6 is 11.3 Å². The van der Waals surface area contributed by atoms with Gasteiger partial charge in [-0.1, -0.05) is 72.9 Å². The fourth-order valence-corrected chi connectivity index (χ4v) is 3.81. The number of aryl methyl sites for hydroxylation is 2. The molecule has 0 aliphatic rings. The first kappa shape index (κ1) is 18.3. The van der Waals surface area contributed by atoms with Gasteiger partial charge in [0.15, 0.2) is 0 Å². The molecule has 1 aromatic heterocycles. The van der Waals surface area contributed by atoms with Gasteiger partial charge in [0.1, 0.15) is 5.01 Å². The largest absolute Gasteiger partial charge is 0.287 e. The van der Waals surface area contributed by atoms with Gasteiger partial charge in [0.05, 0.1) is 0 Å². The van der Waals surface area contributed by atoms with E-state index in [-0.39, 0.29) is 5.91 Å². The first-order valence-corrected chi connectivity index (χ1v) is 9.74. The number of carbonyl (C=O) groups is 1. The SMILES string of the molecule is CCCN(C(=O)CCc1ccccc1)c1nnc(-c2ccccc2C)s1. The first-order chi connectivity index (χ1) is 12.7. The van der Waals surface area contributed by atoms with Crippen molar-refractivity contribution in [3.8, 4) is 10.6 Å². The molecule has 0 aliphatic heterocycles. The number of hydrogen-bond donors (Lipinski definition) is 0. The highest BCUT2D eigenvalue weighted by Crippen LogP contribution is 2.31. The van der Waals surface area contributed by atoms with Crippen LogP contribution in [-0.4, -0.2) is 22.6 Å². The molecule has 0 unspecified atom stereocenters. The molecule has 4 nitrogen and oxygen atoms in total. The zero-order chi connectivity index (χ0) is 18.4. The summed E-state index contributed by atoms with van der Waals surface area (Å²) in [6.07, 6.45) is 2.10. The number of hydrogen-bond acceptors (Lipinski definition) is 4. The van der Waals surface area contributed by atoms with E-state index in [1.54, 1.807) is 4.90 Å². The highest BCUT2D eigenvalue weighted by Gasteiger charge is 2.20. The molecule has 0 atom stereocenters. The molecule has 0 N–H and O–H groups in total. The molecule has 2 aromatic carbocycles. The van der Waals surface area contributed by atoms with Crippen LogP contribution in [0.15, 0.2) is 54.6 Å². The summed E-state index contributed by atoms with van der Waals surface area (Å²) in [5, 5.41) is 10.2. The van der Waals surface area contributed by atoms with Gasteiger partial charge < -0.3 is 0 Å². The van der Waals surface area contributed by atoms with Crippen LogP contribution in [0.2, 0.25) is 0 Å². The van der Waals surface area contributed by atoms with Gasteiger partial charge in [-0.2, -0.15) is 0 Å². The van der Waals surface area contributed by atoms with Crippen molar-refractivity contribution in [2.45, 2.75) is 33.1 Å². The molecule has 5 heteroatoms. The third-order valence-electron chi connectivity index (χ3n) is 4.24. The third-order valence-corrected chi connectivity index (χ3v) is 5.22. The fraction of sp³-hybridized carbons (Fsp3) is 0.286. The van der Waals surface area contributed by atoms with E-state index < -0.39 is 0 Å². The van der Waals surface area contributed by atoms with E-state index in [0.717, 1.165) is 29.0 Å². The number of amides is 1. The highest BCUT2D eigenvalue weighted by molar-refractivity contribution is 7.18. The number of rotatable bonds is 7. The van der Waals surface area contributed by atoms with E-state index in [0.29, 0.717) is 18.1 Å². The summed E-state index contributed by atoms with van der Waals surface area (Å²) >= 11 is 1.48. The van der Waals surface area contributed by atoms with Gasteiger partial charge in [-0.3, -0.25) is 9.69 Å². The lowest BCUT2D eigenvalue weighted by molar-refractivity contribution is -0.118. The van der Waals surface area contributed by atoms with Gasteiger partial charge in [-0.15, -0.1) is 10.2 Å². The van der Waals surface area contributed by atoms with Crippen molar-refractivity contribution in [3.05, 3.63) is 65.7 Å². The van der Waals surface area contributed by atoms with Crippen LogP contribution in [0.5, 0.6) is 0 Å². The number of benzene rings is 2. The molecule has 0 saturated carbocycles. The van der Waals surface area contributed by atoms with E-state index in [4.69, 9.17) is 0 Å². The second kappa shape index (κ2) is 8.72. The van der Waals surface area contributed by atoms with Gasteiger partial charge in [0.2, 0.25) is 11.0 Å². The normalized spacial score (nSPS) is 10.7. The zero-order valence-corrected chi connectivity index (χ0v) is 16.0. The third kappa shape index (κ3) is 4.35. The molecular weight excluding hydrogens is 342 g/mol. The van der Waals surface area contributed by atoms with Crippen LogP contribution in [-0.2, 0) is 11.2 Å². The Balaban J connectivity index is 1.75. The highest BCUT2D eigenvalue weighted by atomic mass is 32.1. The Bertz CT molecular complexity index is 860. The summed E-state index contributed by atoms with van der Waals surface area (Å²) in [5.74, 6) is 0.100. The molecule has 0 bridgehead atoms. The van der Waals surface area contributed by atoms with Crippen molar-refractivity contribution >= 4 is 22.4 Å². The lowest BCUT2D eigenvalue weighted by Crippen LogP contribution is -2.31. The number of aromatic nitrogens is 2. The molecule has 0 fully saturated rings. The predicted octanol–water partition coefficient (Wildman–Crippen LogP) is 4.89. The maximum Gasteiger partial charge on any atom is 0.229 e. The minimum atomic E-state index is 0.100. The Morgan fingerprint density at radius 1 is 1.04 bits per heavy atom. The zero-order valence-electron chi connectivity index (χ0n) is 15.2. The Morgan fingerprint density at radius 3 is 2.50 bits per heavy atom. The molecule has 0 aliphatic carbocycles. The Labute approximate surface area is 158 Å². The minimum absolute atomic E-state index is 0.100. The smallest absolute Gasteiger partial charge is 0.229 e. The van der Waals surface area contributed by atoms with E-state index in [2.05, 4.69) is 42.2 Å². The molecule has 3 rings (SSSR count). The average molecular weight is 366 g/mol. The predicted molar refractivity (Wildman–Crippen MR) is 107 cm³/mol. The van der Waals surface area contributed by atoms with Crippen molar-refractivity contribution in [3.63, 3.8) is 0 Å². The van der Waals surface area contributed by atoms with E-state index in [9.17, 15) is 4.79 Å². The Kier molecular flexibility index (Phi) is 6.12. The average Bonchev–Trinajstić information content (AvgIpc) is 3.15. The summed E-state index contributed by atoms with van der Waals surface area (Å²) < 4.78 is 0. The van der Waals surface area contributed by atoms with Gasteiger partial charge >= 0.3 is 0 Å². The number of anilines is 1. The summed E-state index contributed by atoms with van der Waals surface area (Å²) in [4.78, 5) is 14.6. The van der Waals surface area contributed by atoms with Crippen molar-refractivity contribution < 1.29 is 4.79 Å². The Morgan fingerprint density at radius 2 is 1.77 bits per heavy atom. The monoisotopic (exact) mass is 365 g/mol. The van der Waals surface area contributed by atoms with E-state index >= 15 is 0 Å². The lowest BCUT2D eigenvalue weighted by atomic mass is 10.1. The maximum atomic E-state index is 12.8. The van der Waals surface area contributed by atoms with Crippen molar-refractivity contribution in [1.29, 1.82) is 0 Å². The summed E-state index contributed by atoms with van der Waals surface area (Å²) in [7, 11) is 0. The second-order valence-corrected chi connectivity index (χ2v) is 7.19. The Hall–Kier alpha value is -2.53. The molecule has 1 amide bonds. The molecule has 0 saturated heterocycles. The minimum Gasteiger partial charge on any atom is -0.287 e. The number of carbonyl (C=O) groups excluding carboxylic acids is 1. The number of nitrogens with zero attached hydrogens (tertiary/aromatic N) is 3. The van der Waals surface area contributed by atoms with Crippen LogP contribution in [0.25, 0.3) is 10.6 Å². The van der Waals surface area contributed by atoms with Crippen LogP contribution in [0.4, 0.5) is 5.13 Å². The van der Waals surface area contributed by atoms with Gasteiger partial charge in [0, 0.05) is 18.5 Å². The fourth-order valence-electron chi connectivity index (χ4n) is 2.83. The van der Waals surface area contributed by atoms with Crippen molar-refractivity contribution in [1.82, 2.24) is 10.2 Å². The van der Waals surface area contributed by atoms with Gasteiger partial charge in [0.25, 0.3) is 0 Å². The van der Waals surface area contributed by atoms with Crippen molar-refractivity contribution in [2.75, 3.05) is 11.4 Å². The molecule has 134 valence electrons. The quantitative estimate of drug-likeness (QED) is 0.599. The topological polar surface area (TPSA) is 46.1 Å². The maximum absolute atomic E-state index is 12.8. The second-order valence-electron chi connectivity index (χ2n) is 6.24. The van der Waals surface area contributed by atoms with Crippen LogP contribution in [0.1, 0.15) is 30.9 Å². The van der Waals surface area contributed by atoms with E-state index in [1.807, 2.05) is 36.4 Å². The lowest BCUT2D eigenvalue weighted by Gasteiger charge is -2.18. The summed E-state index contributed by atoms with van der Waals surface area (Å²) in [6.45, 7) is 4.79. The van der Waals surface area contributed by atoms with Crippen LogP contribution < -0.4 is 4.90 Å². The molecule has 1 heterocycles. The van der Waals surface area contributed by atoms with Gasteiger partial charge in [-0.05, 0) is 30.9 Å².